The van der Waals surface area contributed by atoms with Gasteiger partial charge >= 0.3 is 5.97 Å². The molecule has 0 aliphatic heterocycles. The Kier molecular flexibility index (Phi) is 9.36. The fourth-order valence-corrected chi connectivity index (χ4v) is 0.741. The van der Waals surface area contributed by atoms with Crippen molar-refractivity contribution in [2.75, 3.05) is 6.61 Å². The smallest absolute Gasteiger partial charge is 0.333 e. The number of ether oxygens (including phenoxy) is 1. The number of hydrogen-bond acceptors (Lipinski definition) is 2. The van der Waals surface area contributed by atoms with Crippen LogP contribution in [0.2, 0.25) is 0 Å². The van der Waals surface area contributed by atoms with Crippen LogP contribution in [0, 0.1) is 5.92 Å². The molecule has 3 heteroatoms. The molecule has 0 aromatic carbocycles. The van der Waals surface area contributed by atoms with Gasteiger partial charge in [-0.15, -0.1) is 12.4 Å². The molecular formula is C10H19ClO2. The van der Waals surface area contributed by atoms with Gasteiger partial charge in [0.15, 0.2) is 0 Å². The largest absolute Gasteiger partial charge is 0.463 e. The third kappa shape index (κ3) is 7.85. The zero-order valence-corrected chi connectivity index (χ0v) is 9.61. The number of allylic oxidation sites excluding steroid dienone is 1. The summed E-state index contributed by atoms with van der Waals surface area (Å²) in [6.07, 6.45) is 2.87. The minimum absolute atomic E-state index is 0. The summed E-state index contributed by atoms with van der Waals surface area (Å²) in [6.45, 7) is 8.30. The number of halogens is 1. The Labute approximate surface area is 86.8 Å². The highest BCUT2D eigenvalue weighted by Crippen LogP contribution is 2.05. The Morgan fingerprint density at radius 2 is 2.00 bits per heavy atom. The fourth-order valence-electron chi connectivity index (χ4n) is 0.741. The van der Waals surface area contributed by atoms with Crippen molar-refractivity contribution in [3.8, 4) is 0 Å². The Balaban J connectivity index is 0. The molecule has 0 aliphatic rings. The lowest BCUT2D eigenvalue weighted by Crippen LogP contribution is -2.05. The lowest BCUT2D eigenvalue weighted by Gasteiger charge is -2.02. The molecule has 0 aliphatic carbocycles. The van der Waals surface area contributed by atoms with Crippen molar-refractivity contribution in [3.05, 3.63) is 11.6 Å². The van der Waals surface area contributed by atoms with E-state index in [-0.39, 0.29) is 18.4 Å². The van der Waals surface area contributed by atoms with Crippen LogP contribution in [0.1, 0.15) is 34.1 Å². The summed E-state index contributed by atoms with van der Waals surface area (Å²) in [7, 11) is 0. The highest BCUT2D eigenvalue weighted by atomic mass is 35.5. The molecule has 78 valence electrons. The van der Waals surface area contributed by atoms with Crippen LogP contribution < -0.4 is 0 Å². The zero-order valence-electron chi connectivity index (χ0n) is 8.79. The van der Waals surface area contributed by atoms with Gasteiger partial charge in [0.05, 0.1) is 6.61 Å². The maximum atomic E-state index is 11.1. The van der Waals surface area contributed by atoms with Gasteiger partial charge in [-0.05, 0) is 26.2 Å². The van der Waals surface area contributed by atoms with E-state index in [1.54, 1.807) is 6.92 Å². The molecule has 0 unspecified atom stereocenters. The van der Waals surface area contributed by atoms with Crippen LogP contribution >= 0.6 is 12.4 Å². The summed E-state index contributed by atoms with van der Waals surface area (Å²) in [5.74, 6) is 0.396. The quantitative estimate of drug-likeness (QED) is 0.522. The van der Waals surface area contributed by atoms with Crippen molar-refractivity contribution in [1.82, 2.24) is 0 Å². The van der Waals surface area contributed by atoms with E-state index in [9.17, 15) is 4.79 Å². The monoisotopic (exact) mass is 206 g/mol. The number of rotatable bonds is 4. The van der Waals surface area contributed by atoms with E-state index in [2.05, 4.69) is 13.8 Å². The molecule has 0 saturated carbocycles. The lowest BCUT2D eigenvalue weighted by atomic mass is 10.1. The Bertz CT molecular complexity index is 174. The van der Waals surface area contributed by atoms with E-state index >= 15 is 0 Å². The molecule has 0 heterocycles. The van der Waals surface area contributed by atoms with E-state index in [1.165, 1.54) is 0 Å². The topological polar surface area (TPSA) is 26.3 Å². The second kappa shape index (κ2) is 8.11. The molecule has 0 fully saturated rings. The van der Waals surface area contributed by atoms with E-state index in [1.807, 2.05) is 13.0 Å². The van der Waals surface area contributed by atoms with Gasteiger partial charge in [0.1, 0.15) is 0 Å². The molecule has 0 saturated heterocycles. The van der Waals surface area contributed by atoms with Gasteiger partial charge in [0, 0.05) is 5.57 Å². The standard InChI is InChI=1S/C10H18O2.ClH/c1-5-12-10(11)9(4)7-6-8(2)3;/h7-8H,5-6H2,1-4H3;1H. The molecule has 0 radical (unpaired) electrons. The first-order chi connectivity index (χ1) is 5.57. The summed E-state index contributed by atoms with van der Waals surface area (Å²) < 4.78 is 4.83. The van der Waals surface area contributed by atoms with Gasteiger partial charge in [0.25, 0.3) is 0 Å². The van der Waals surface area contributed by atoms with Gasteiger partial charge in [-0.25, -0.2) is 4.79 Å². The Morgan fingerprint density at radius 3 is 2.38 bits per heavy atom. The summed E-state index contributed by atoms with van der Waals surface area (Å²) >= 11 is 0. The van der Waals surface area contributed by atoms with Crippen molar-refractivity contribution in [1.29, 1.82) is 0 Å². The van der Waals surface area contributed by atoms with Crippen LogP contribution in [0.5, 0.6) is 0 Å². The van der Waals surface area contributed by atoms with Gasteiger partial charge in [-0.3, -0.25) is 0 Å². The molecular weight excluding hydrogens is 188 g/mol. The van der Waals surface area contributed by atoms with Crippen molar-refractivity contribution in [3.63, 3.8) is 0 Å². The molecule has 0 aromatic heterocycles. The minimum atomic E-state index is -0.196. The van der Waals surface area contributed by atoms with E-state index in [0.717, 1.165) is 6.42 Å². The van der Waals surface area contributed by atoms with E-state index in [4.69, 9.17) is 4.74 Å². The molecule has 0 N–H and O–H groups in total. The number of esters is 1. The van der Waals surface area contributed by atoms with Crippen LogP contribution in [-0.4, -0.2) is 12.6 Å². The highest BCUT2D eigenvalue weighted by molar-refractivity contribution is 5.87. The van der Waals surface area contributed by atoms with Crippen molar-refractivity contribution < 1.29 is 9.53 Å². The number of hydrogen-bond donors (Lipinski definition) is 0. The van der Waals surface area contributed by atoms with Crippen LogP contribution in [0.4, 0.5) is 0 Å². The summed E-state index contributed by atoms with van der Waals surface area (Å²) in [4.78, 5) is 11.1. The van der Waals surface area contributed by atoms with Gasteiger partial charge < -0.3 is 4.74 Å². The SMILES string of the molecule is CCOC(=O)C(C)=CCC(C)C.Cl. The van der Waals surface area contributed by atoms with Crippen LogP contribution in [-0.2, 0) is 9.53 Å². The first-order valence-corrected chi connectivity index (χ1v) is 4.41. The molecule has 0 aromatic rings. The predicted molar refractivity (Wildman–Crippen MR) is 57.1 cm³/mol. The average Bonchev–Trinajstić information content (AvgIpc) is 2.00. The number of carbonyl (C=O) groups is 1. The second-order valence-electron chi connectivity index (χ2n) is 3.24. The molecule has 0 spiro atoms. The average molecular weight is 207 g/mol. The van der Waals surface area contributed by atoms with Gasteiger partial charge in [0.2, 0.25) is 0 Å². The first kappa shape index (κ1) is 15.0. The maximum Gasteiger partial charge on any atom is 0.333 e. The summed E-state index contributed by atoms with van der Waals surface area (Å²) in [5.41, 5.74) is 0.713. The van der Waals surface area contributed by atoms with Crippen molar-refractivity contribution in [2.45, 2.75) is 34.1 Å². The van der Waals surface area contributed by atoms with E-state index < -0.39 is 0 Å². The molecule has 0 rings (SSSR count). The summed E-state index contributed by atoms with van der Waals surface area (Å²) in [6, 6.07) is 0. The minimum Gasteiger partial charge on any atom is -0.463 e. The Hall–Kier alpha value is -0.500. The van der Waals surface area contributed by atoms with Gasteiger partial charge in [-0.1, -0.05) is 19.9 Å². The third-order valence-corrected chi connectivity index (χ3v) is 1.49. The summed E-state index contributed by atoms with van der Waals surface area (Å²) in [5, 5.41) is 0. The number of carbonyl (C=O) groups excluding carboxylic acids is 1. The lowest BCUT2D eigenvalue weighted by molar-refractivity contribution is -0.138. The second-order valence-corrected chi connectivity index (χ2v) is 3.24. The highest BCUT2D eigenvalue weighted by Gasteiger charge is 2.03. The van der Waals surface area contributed by atoms with Crippen molar-refractivity contribution in [2.24, 2.45) is 5.92 Å². The van der Waals surface area contributed by atoms with Crippen molar-refractivity contribution >= 4 is 18.4 Å². The van der Waals surface area contributed by atoms with Crippen LogP contribution in [0.15, 0.2) is 11.6 Å². The zero-order chi connectivity index (χ0) is 9.56. The van der Waals surface area contributed by atoms with E-state index in [0.29, 0.717) is 18.1 Å². The van der Waals surface area contributed by atoms with Crippen LogP contribution in [0.25, 0.3) is 0 Å². The normalized spacial score (nSPS) is 11.0. The van der Waals surface area contributed by atoms with Gasteiger partial charge in [-0.2, -0.15) is 0 Å². The fraction of sp³-hybridized carbons (Fsp3) is 0.700. The molecule has 0 atom stereocenters. The predicted octanol–water partition coefficient (Wildman–Crippen LogP) is 2.96. The third-order valence-electron chi connectivity index (χ3n) is 1.49. The molecule has 2 nitrogen and oxygen atoms in total. The first-order valence-electron chi connectivity index (χ1n) is 4.41. The molecule has 13 heavy (non-hydrogen) atoms. The molecule has 0 amide bonds. The van der Waals surface area contributed by atoms with Crippen LogP contribution in [0.3, 0.4) is 0 Å². The Morgan fingerprint density at radius 1 is 1.46 bits per heavy atom. The molecule has 0 bridgehead atoms. The maximum absolute atomic E-state index is 11.1.